The van der Waals surface area contributed by atoms with Gasteiger partial charge in [-0.1, -0.05) is 23.2 Å². The van der Waals surface area contributed by atoms with Crippen LogP contribution in [0.15, 0.2) is 30.6 Å². The highest BCUT2D eigenvalue weighted by atomic mass is 35.5. The number of aromatic nitrogens is 2. The number of fused-ring (bicyclic) bond motifs is 3. The molecule has 2 fully saturated rings. The minimum Gasteiger partial charge on any atom is -0.488 e. The van der Waals surface area contributed by atoms with Crippen molar-refractivity contribution in [2.75, 3.05) is 45.7 Å². The zero-order valence-electron chi connectivity index (χ0n) is 23.7. The third kappa shape index (κ3) is 6.55. The first-order chi connectivity index (χ1) is 19.4. The number of amides is 1. The molecule has 0 spiro atoms. The van der Waals surface area contributed by atoms with E-state index in [1.165, 1.54) is 18.5 Å². The number of carbonyl (C=O) groups excluding carboxylic acids is 1. The molecule has 1 aliphatic carbocycles. The van der Waals surface area contributed by atoms with E-state index in [1.54, 1.807) is 11.0 Å². The third-order valence-electron chi connectivity index (χ3n) is 7.14. The molecular weight excluding hydrogens is 572 g/mol. The van der Waals surface area contributed by atoms with Crippen molar-refractivity contribution in [3.8, 4) is 11.5 Å². The molecule has 1 aromatic heterocycles. The molecule has 5 rings (SSSR count). The second kappa shape index (κ2) is 11.7. The first-order valence-electron chi connectivity index (χ1n) is 13.5. The Balaban J connectivity index is 1.42. The van der Waals surface area contributed by atoms with Gasteiger partial charge in [-0.2, -0.15) is 0 Å². The van der Waals surface area contributed by atoms with Crippen LogP contribution in [0.1, 0.15) is 27.2 Å². The molecule has 1 saturated heterocycles. The van der Waals surface area contributed by atoms with Crippen LogP contribution in [0.5, 0.6) is 11.5 Å². The van der Waals surface area contributed by atoms with Gasteiger partial charge in [-0.05, 0) is 59.5 Å². The smallest absolute Gasteiger partial charge is 0.410 e. The van der Waals surface area contributed by atoms with Gasteiger partial charge < -0.3 is 29.3 Å². The lowest BCUT2D eigenvalue weighted by Gasteiger charge is -2.52. The van der Waals surface area contributed by atoms with Gasteiger partial charge in [0.25, 0.3) is 0 Å². The van der Waals surface area contributed by atoms with Crippen LogP contribution < -0.4 is 14.8 Å². The number of likely N-dealkylation sites (tertiary alicyclic amines) is 1. The summed E-state index contributed by atoms with van der Waals surface area (Å²) in [7, 11) is 3.95. The normalized spacial score (nSPS) is 20.1. The Morgan fingerprint density at radius 3 is 2.56 bits per heavy atom. The summed E-state index contributed by atoms with van der Waals surface area (Å²) >= 11 is 12.0. The predicted octanol–water partition coefficient (Wildman–Crippen LogP) is 6.39. The SMILES string of the molecule is CN(C)CCOc1cc2ncnc(Nc3ccc(Cl)c(Cl)c3F)c2cc1OC1[C@@H]2C[C@H]1CN(C(=O)OC(C)(C)C)C2. The molecule has 0 radical (unpaired) electrons. The van der Waals surface area contributed by atoms with Crippen LogP contribution in [-0.4, -0.2) is 77.9 Å². The second-order valence-corrected chi connectivity index (χ2v) is 12.5. The number of hydrogen-bond donors (Lipinski definition) is 1. The fraction of sp³-hybridized carbons (Fsp3) is 0.483. The van der Waals surface area contributed by atoms with E-state index in [0.29, 0.717) is 54.5 Å². The average Bonchev–Trinajstić information content (AvgIpc) is 2.91. The van der Waals surface area contributed by atoms with Crippen molar-refractivity contribution in [3.63, 3.8) is 0 Å². The van der Waals surface area contributed by atoms with Gasteiger partial charge in [-0.3, -0.25) is 0 Å². The van der Waals surface area contributed by atoms with Crippen molar-refractivity contribution in [3.05, 3.63) is 46.5 Å². The maximum atomic E-state index is 14.8. The molecule has 2 bridgehead atoms. The van der Waals surface area contributed by atoms with Crippen molar-refractivity contribution in [2.45, 2.75) is 38.9 Å². The average molecular weight is 607 g/mol. The lowest BCUT2D eigenvalue weighted by Crippen LogP contribution is -2.62. The van der Waals surface area contributed by atoms with Gasteiger partial charge >= 0.3 is 6.09 Å². The summed E-state index contributed by atoms with van der Waals surface area (Å²) in [6, 6.07) is 6.64. The van der Waals surface area contributed by atoms with E-state index in [0.717, 1.165) is 6.42 Å². The van der Waals surface area contributed by atoms with Crippen molar-refractivity contribution < 1.29 is 23.4 Å². The van der Waals surface area contributed by atoms with Crippen LogP contribution >= 0.6 is 23.2 Å². The minimum absolute atomic E-state index is 0.0871. The standard InChI is InChI=1S/C29H34Cl2FN5O4/c1-29(2,3)41-28(38)37-13-16-10-17(14-37)26(16)40-23-11-18-21(12-22(23)39-9-8-36(4)5)33-15-34-27(18)35-20-7-6-19(30)24(31)25(20)32/h6-7,11-12,15-17,26H,8-10,13-14H2,1-5H3,(H,33,34,35)/t16-,17+,26?. The Kier molecular flexibility index (Phi) is 8.36. The van der Waals surface area contributed by atoms with Crippen molar-refractivity contribution in [2.24, 2.45) is 11.8 Å². The van der Waals surface area contributed by atoms with Gasteiger partial charge in [0.15, 0.2) is 17.3 Å². The summed E-state index contributed by atoms with van der Waals surface area (Å²) in [4.78, 5) is 25.2. The monoisotopic (exact) mass is 605 g/mol. The summed E-state index contributed by atoms with van der Waals surface area (Å²) in [5.74, 6) is 1.13. The highest BCUT2D eigenvalue weighted by molar-refractivity contribution is 6.42. The molecule has 9 nitrogen and oxygen atoms in total. The Labute approximate surface area is 248 Å². The summed E-state index contributed by atoms with van der Waals surface area (Å²) in [6.45, 7) is 7.87. The van der Waals surface area contributed by atoms with Gasteiger partial charge in [0, 0.05) is 42.9 Å². The highest BCUT2D eigenvalue weighted by Crippen LogP contribution is 2.45. The molecular formula is C29H34Cl2FN5O4. The van der Waals surface area contributed by atoms with Crippen LogP contribution in [0.25, 0.3) is 10.9 Å². The van der Waals surface area contributed by atoms with E-state index in [9.17, 15) is 9.18 Å². The number of halogens is 3. The van der Waals surface area contributed by atoms with Crippen molar-refractivity contribution >= 4 is 51.7 Å². The molecule has 12 heteroatoms. The molecule has 1 aliphatic heterocycles. The van der Waals surface area contributed by atoms with Gasteiger partial charge in [-0.25, -0.2) is 19.2 Å². The number of anilines is 2. The number of nitrogens with zero attached hydrogens (tertiary/aromatic N) is 4. The van der Waals surface area contributed by atoms with E-state index in [2.05, 4.69) is 15.3 Å². The zero-order chi connectivity index (χ0) is 29.5. The first-order valence-corrected chi connectivity index (χ1v) is 14.3. The summed E-state index contributed by atoms with van der Waals surface area (Å²) in [6.07, 6.45) is 1.98. The molecule has 2 aromatic carbocycles. The highest BCUT2D eigenvalue weighted by Gasteiger charge is 2.50. The summed E-state index contributed by atoms with van der Waals surface area (Å²) in [5.41, 5.74) is 0.177. The lowest BCUT2D eigenvalue weighted by molar-refractivity contribution is -0.0935. The van der Waals surface area contributed by atoms with E-state index in [-0.39, 0.29) is 39.8 Å². The molecule has 41 heavy (non-hydrogen) atoms. The predicted molar refractivity (Wildman–Crippen MR) is 157 cm³/mol. The molecule has 3 aromatic rings. The van der Waals surface area contributed by atoms with E-state index >= 15 is 0 Å². The number of ether oxygens (including phenoxy) is 3. The number of piperidine rings is 2. The Hall–Kier alpha value is -3.08. The van der Waals surface area contributed by atoms with Crippen LogP contribution in [0.3, 0.4) is 0 Å². The number of carbonyl (C=O) groups is 1. The lowest BCUT2D eigenvalue weighted by atomic mass is 9.68. The van der Waals surface area contributed by atoms with Crippen LogP contribution in [0, 0.1) is 17.7 Å². The number of likely N-dealkylation sites (N-methyl/N-ethyl adjacent to an activating group) is 1. The van der Waals surface area contributed by atoms with Gasteiger partial charge in [0.1, 0.15) is 30.5 Å². The van der Waals surface area contributed by atoms with E-state index < -0.39 is 11.4 Å². The third-order valence-corrected chi connectivity index (χ3v) is 7.93. The Morgan fingerprint density at radius 2 is 1.88 bits per heavy atom. The largest absolute Gasteiger partial charge is 0.488 e. The quantitative estimate of drug-likeness (QED) is 0.295. The van der Waals surface area contributed by atoms with Crippen molar-refractivity contribution in [1.29, 1.82) is 0 Å². The second-order valence-electron chi connectivity index (χ2n) is 11.8. The van der Waals surface area contributed by atoms with E-state index in [1.807, 2.05) is 45.8 Å². The first kappa shape index (κ1) is 29.4. The molecule has 1 amide bonds. The number of hydrogen-bond acceptors (Lipinski definition) is 8. The van der Waals surface area contributed by atoms with Crippen LogP contribution in [0.4, 0.5) is 20.7 Å². The molecule has 1 N–H and O–H groups in total. The minimum atomic E-state index is -0.678. The summed E-state index contributed by atoms with van der Waals surface area (Å²) in [5, 5.41) is 3.58. The summed E-state index contributed by atoms with van der Waals surface area (Å²) < 4.78 is 33.1. The number of benzene rings is 2. The maximum absolute atomic E-state index is 14.8. The number of rotatable bonds is 8. The van der Waals surface area contributed by atoms with Crippen molar-refractivity contribution in [1.82, 2.24) is 19.8 Å². The topological polar surface area (TPSA) is 89.1 Å². The van der Waals surface area contributed by atoms with Crippen LogP contribution in [-0.2, 0) is 4.74 Å². The molecule has 220 valence electrons. The Morgan fingerprint density at radius 1 is 1.15 bits per heavy atom. The van der Waals surface area contributed by atoms with Crippen LogP contribution in [0.2, 0.25) is 10.0 Å². The molecule has 2 heterocycles. The van der Waals surface area contributed by atoms with E-state index in [4.69, 9.17) is 37.4 Å². The maximum Gasteiger partial charge on any atom is 0.410 e. The van der Waals surface area contributed by atoms with Gasteiger partial charge in [0.05, 0.1) is 21.2 Å². The molecule has 1 unspecified atom stereocenters. The molecule has 3 atom stereocenters. The molecule has 1 saturated carbocycles. The van der Waals surface area contributed by atoms with Gasteiger partial charge in [-0.15, -0.1) is 0 Å². The Bertz CT molecular complexity index is 1440. The molecule has 2 aliphatic rings. The van der Waals surface area contributed by atoms with Gasteiger partial charge in [0.2, 0.25) is 0 Å². The fourth-order valence-corrected chi connectivity index (χ4v) is 5.43. The zero-order valence-corrected chi connectivity index (χ0v) is 25.2. The number of nitrogens with one attached hydrogen (secondary N) is 1. The fourth-order valence-electron chi connectivity index (χ4n) is 5.12.